The SMILES string of the molecule is Cc1ccc([C@@H](CC(=O)O)Nc2nc(NCCO)nc(N3CCOCC3)n2)cc1. The molecule has 0 spiro atoms. The van der Waals surface area contributed by atoms with E-state index in [0.29, 0.717) is 44.7 Å². The molecule has 1 aromatic carbocycles. The van der Waals surface area contributed by atoms with Crippen LogP contribution in [0.15, 0.2) is 24.3 Å². The molecule has 1 aliphatic rings. The number of aromatic nitrogens is 3. The fourth-order valence-electron chi connectivity index (χ4n) is 2.96. The summed E-state index contributed by atoms with van der Waals surface area (Å²) in [5, 5.41) is 24.5. The topological polar surface area (TPSA) is 133 Å². The first-order valence-corrected chi connectivity index (χ1v) is 9.53. The first-order valence-electron chi connectivity index (χ1n) is 9.53. The van der Waals surface area contributed by atoms with Crippen molar-refractivity contribution in [3.63, 3.8) is 0 Å². The molecule has 4 N–H and O–H groups in total. The first kappa shape index (κ1) is 20.7. The highest BCUT2D eigenvalue weighted by atomic mass is 16.5. The summed E-state index contributed by atoms with van der Waals surface area (Å²) in [7, 11) is 0. The van der Waals surface area contributed by atoms with Crippen LogP contribution >= 0.6 is 0 Å². The van der Waals surface area contributed by atoms with E-state index in [4.69, 9.17) is 9.84 Å². The number of hydrogen-bond acceptors (Lipinski definition) is 9. The molecule has 156 valence electrons. The zero-order valence-electron chi connectivity index (χ0n) is 16.3. The van der Waals surface area contributed by atoms with Crippen LogP contribution in [0.1, 0.15) is 23.6 Å². The van der Waals surface area contributed by atoms with Gasteiger partial charge in [-0.05, 0) is 12.5 Å². The average molecular weight is 402 g/mol. The third kappa shape index (κ3) is 6.00. The van der Waals surface area contributed by atoms with Crippen molar-refractivity contribution < 1.29 is 19.7 Å². The summed E-state index contributed by atoms with van der Waals surface area (Å²) in [6.07, 6.45) is -0.124. The molecular formula is C19H26N6O4. The summed E-state index contributed by atoms with van der Waals surface area (Å²) in [5.41, 5.74) is 1.92. The molecule has 1 fully saturated rings. The van der Waals surface area contributed by atoms with Crippen LogP contribution in [0.4, 0.5) is 17.8 Å². The van der Waals surface area contributed by atoms with Gasteiger partial charge in [-0.15, -0.1) is 0 Å². The largest absolute Gasteiger partial charge is 0.481 e. The smallest absolute Gasteiger partial charge is 0.305 e. The third-order valence-electron chi connectivity index (χ3n) is 4.47. The zero-order chi connectivity index (χ0) is 20.6. The molecule has 10 nitrogen and oxygen atoms in total. The van der Waals surface area contributed by atoms with E-state index in [2.05, 4.69) is 25.6 Å². The van der Waals surface area contributed by atoms with Crippen molar-refractivity contribution in [1.82, 2.24) is 15.0 Å². The molecule has 2 heterocycles. The maximum atomic E-state index is 11.4. The van der Waals surface area contributed by atoms with Crippen LogP contribution in [0.5, 0.6) is 0 Å². The number of nitrogens with one attached hydrogen (secondary N) is 2. The second-order valence-electron chi connectivity index (χ2n) is 6.74. The number of aliphatic hydroxyl groups is 1. The number of morpholine rings is 1. The van der Waals surface area contributed by atoms with Crippen molar-refractivity contribution in [2.75, 3.05) is 55.0 Å². The predicted octanol–water partition coefficient (Wildman–Crippen LogP) is 1.05. The molecule has 0 unspecified atom stereocenters. The highest BCUT2D eigenvalue weighted by Crippen LogP contribution is 2.23. The molecule has 0 amide bonds. The second kappa shape index (κ2) is 9.99. The van der Waals surface area contributed by atoms with Crippen LogP contribution in [-0.4, -0.2) is 70.6 Å². The minimum atomic E-state index is -0.927. The van der Waals surface area contributed by atoms with Crippen LogP contribution in [0.2, 0.25) is 0 Å². The molecule has 0 aliphatic carbocycles. The fourth-order valence-corrected chi connectivity index (χ4v) is 2.96. The van der Waals surface area contributed by atoms with Crippen LogP contribution < -0.4 is 15.5 Å². The van der Waals surface area contributed by atoms with E-state index in [1.54, 1.807) is 0 Å². The van der Waals surface area contributed by atoms with Gasteiger partial charge in [0, 0.05) is 19.6 Å². The summed E-state index contributed by atoms with van der Waals surface area (Å²) in [6, 6.07) is 7.16. The Balaban J connectivity index is 1.88. The maximum Gasteiger partial charge on any atom is 0.305 e. The lowest BCUT2D eigenvalue weighted by Gasteiger charge is -2.27. The van der Waals surface area contributed by atoms with Crippen LogP contribution in [0, 0.1) is 6.92 Å². The Kier molecular flexibility index (Phi) is 7.14. The fraction of sp³-hybridized carbons (Fsp3) is 0.474. The van der Waals surface area contributed by atoms with Gasteiger partial charge in [-0.25, -0.2) is 0 Å². The lowest BCUT2D eigenvalue weighted by molar-refractivity contribution is -0.137. The number of benzene rings is 1. The van der Waals surface area contributed by atoms with Gasteiger partial charge in [-0.3, -0.25) is 4.79 Å². The van der Waals surface area contributed by atoms with Gasteiger partial charge in [-0.1, -0.05) is 29.8 Å². The zero-order valence-corrected chi connectivity index (χ0v) is 16.3. The normalized spacial score (nSPS) is 15.0. The number of carboxylic acid groups (broad SMARTS) is 1. The van der Waals surface area contributed by atoms with Gasteiger partial charge in [0.25, 0.3) is 0 Å². The number of aryl methyl sites for hydroxylation is 1. The number of anilines is 3. The van der Waals surface area contributed by atoms with E-state index in [9.17, 15) is 9.90 Å². The predicted molar refractivity (Wildman–Crippen MR) is 108 cm³/mol. The molecule has 3 rings (SSSR count). The van der Waals surface area contributed by atoms with E-state index in [1.165, 1.54) is 0 Å². The van der Waals surface area contributed by atoms with E-state index in [1.807, 2.05) is 36.1 Å². The van der Waals surface area contributed by atoms with E-state index < -0.39 is 12.0 Å². The van der Waals surface area contributed by atoms with Gasteiger partial charge in [-0.2, -0.15) is 15.0 Å². The summed E-state index contributed by atoms with van der Waals surface area (Å²) < 4.78 is 5.38. The Labute approximate surface area is 169 Å². The number of nitrogens with zero attached hydrogens (tertiary/aromatic N) is 4. The van der Waals surface area contributed by atoms with Gasteiger partial charge in [0.05, 0.1) is 32.3 Å². The van der Waals surface area contributed by atoms with Crippen molar-refractivity contribution in [3.8, 4) is 0 Å². The summed E-state index contributed by atoms with van der Waals surface area (Å²) in [6.45, 7) is 4.68. The van der Waals surface area contributed by atoms with Crippen molar-refractivity contribution >= 4 is 23.8 Å². The number of aliphatic hydroxyl groups excluding tert-OH is 1. The van der Waals surface area contributed by atoms with Gasteiger partial charge in [0.15, 0.2) is 0 Å². The highest BCUT2D eigenvalue weighted by Gasteiger charge is 2.20. The molecule has 1 aliphatic heterocycles. The Morgan fingerprint density at radius 2 is 1.86 bits per heavy atom. The molecule has 1 atom stereocenters. The van der Waals surface area contributed by atoms with Gasteiger partial charge < -0.3 is 30.5 Å². The monoisotopic (exact) mass is 402 g/mol. The summed E-state index contributed by atoms with van der Waals surface area (Å²) >= 11 is 0. The molecular weight excluding hydrogens is 376 g/mol. The molecule has 0 bridgehead atoms. The Hall–Kier alpha value is -2.98. The quantitative estimate of drug-likeness (QED) is 0.482. The Morgan fingerprint density at radius 1 is 1.17 bits per heavy atom. The maximum absolute atomic E-state index is 11.4. The van der Waals surface area contributed by atoms with Crippen LogP contribution in [-0.2, 0) is 9.53 Å². The number of hydrogen-bond donors (Lipinski definition) is 4. The van der Waals surface area contributed by atoms with E-state index in [0.717, 1.165) is 11.1 Å². The third-order valence-corrected chi connectivity index (χ3v) is 4.47. The van der Waals surface area contributed by atoms with Crippen molar-refractivity contribution in [2.24, 2.45) is 0 Å². The summed E-state index contributed by atoms with van der Waals surface area (Å²) in [4.78, 5) is 26.7. The standard InChI is InChI=1S/C19H26N6O4/c1-13-2-4-14(5-3-13)15(12-16(27)28)21-18-22-17(20-6-9-26)23-19(24-18)25-7-10-29-11-8-25/h2-5,15,26H,6-12H2,1H3,(H,27,28)(H2,20,21,22,23,24)/t15-/m1/s1. The first-order chi connectivity index (χ1) is 14.0. The molecule has 1 saturated heterocycles. The molecule has 10 heteroatoms. The second-order valence-corrected chi connectivity index (χ2v) is 6.74. The lowest BCUT2D eigenvalue weighted by atomic mass is 10.0. The number of carboxylic acids is 1. The molecule has 0 saturated carbocycles. The Bertz CT molecular complexity index is 811. The summed E-state index contributed by atoms with van der Waals surface area (Å²) in [5.74, 6) is 0.137. The van der Waals surface area contributed by atoms with Gasteiger partial charge in [0.1, 0.15) is 0 Å². The van der Waals surface area contributed by atoms with Crippen LogP contribution in [0.3, 0.4) is 0 Å². The van der Waals surface area contributed by atoms with Crippen LogP contribution in [0.25, 0.3) is 0 Å². The average Bonchev–Trinajstić information content (AvgIpc) is 2.72. The van der Waals surface area contributed by atoms with Crippen molar-refractivity contribution in [2.45, 2.75) is 19.4 Å². The molecule has 29 heavy (non-hydrogen) atoms. The number of rotatable bonds is 9. The molecule has 2 aromatic rings. The molecule has 0 radical (unpaired) electrons. The van der Waals surface area contributed by atoms with E-state index >= 15 is 0 Å². The van der Waals surface area contributed by atoms with Gasteiger partial charge in [0.2, 0.25) is 17.8 Å². The van der Waals surface area contributed by atoms with Crippen molar-refractivity contribution in [1.29, 1.82) is 0 Å². The number of carbonyl (C=O) groups is 1. The van der Waals surface area contributed by atoms with E-state index in [-0.39, 0.29) is 19.0 Å². The minimum absolute atomic E-state index is 0.0632. The Morgan fingerprint density at radius 3 is 2.52 bits per heavy atom. The minimum Gasteiger partial charge on any atom is -0.481 e. The van der Waals surface area contributed by atoms with Crippen molar-refractivity contribution in [3.05, 3.63) is 35.4 Å². The highest BCUT2D eigenvalue weighted by molar-refractivity contribution is 5.68. The number of aliphatic carboxylic acids is 1. The lowest BCUT2D eigenvalue weighted by Crippen LogP contribution is -2.37. The van der Waals surface area contributed by atoms with Gasteiger partial charge >= 0.3 is 5.97 Å². The molecule has 1 aromatic heterocycles. The number of ether oxygens (including phenoxy) is 1.